The first-order chi connectivity index (χ1) is 8.23. The number of aromatic nitrogens is 1. The Morgan fingerprint density at radius 1 is 1.22 bits per heavy atom. The fraction of sp³-hybridized carbons (Fsp3) is 0.400. The van der Waals surface area contributed by atoms with E-state index >= 15 is 0 Å². The lowest BCUT2D eigenvalue weighted by molar-refractivity contribution is -0.172. The van der Waals surface area contributed by atoms with E-state index in [-0.39, 0.29) is 10.7 Å². The van der Waals surface area contributed by atoms with Gasteiger partial charge in [-0.05, 0) is 12.1 Å². The predicted octanol–water partition coefficient (Wildman–Crippen LogP) is 2.46. The van der Waals surface area contributed by atoms with Crippen LogP contribution in [0.15, 0.2) is 18.3 Å². The molecule has 0 saturated carbocycles. The van der Waals surface area contributed by atoms with Crippen molar-refractivity contribution in [3.8, 4) is 0 Å². The molecule has 1 amide bonds. The van der Waals surface area contributed by atoms with Crippen LogP contribution in [0.2, 0.25) is 5.15 Å². The Morgan fingerprint density at radius 3 is 2.22 bits per heavy atom. The number of pyridine rings is 1. The molecule has 0 atom stereocenters. The average molecular weight is 283 g/mol. The maximum Gasteiger partial charge on any atom is 0.329 e. The van der Waals surface area contributed by atoms with E-state index in [0.717, 1.165) is 6.20 Å². The molecule has 1 aromatic heterocycles. The molecule has 0 unspecified atom stereocenters. The van der Waals surface area contributed by atoms with Crippen molar-refractivity contribution in [2.24, 2.45) is 0 Å². The number of carbonyl (C=O) groups excluding carboxylic acids is 1. The van der Waals surface area contributed by atoms with E-state index in [1.54, 1.807) is 0 Å². The minimum absolute atomic E-state index is 0.0621. The van der Waals surface area contributed by atoms with Gasteiger partial charge in [-0.1, -0.05) is 11.6 Å². The highest BCUT2D eigenvalue weighted by molar-refractivity contribution is 6.29. The zero-order valence-electron chi connectivity index (χ0n) is 8.84. The van der Waals surface area contributed by atoms with Crippen molar-refractivity contribution in [3.63, 3.8) is 0 Å². The third-order valence-corrected chi connectivity index (χ3v) is 2.80. The summed E-state index contributed by atoms with van der Waals surface area (Å²) in [7, 11) is 0. The van der Waals surface area contributed by atoms with Crippen LogP contribution >= 0.6 is 11.6 Å². The van der Waals surface area contributed by atoms with Crippen LogP contribution in [0.5, 0.6) is 0 Å². The fourth-order valence-corrected chi connectivity index (χ4v) is 1.71. The summed E-state index contributed by atoms with van der Waals surface area (Å²) in [5.41, 5.74) is -0.0621. The van der Waals surface area contributed by atoms with Crippen LogP contribution in [0.1, 0.15) is 10.4 Å². The zero-order chi connectivity index (χ0) is 13.6. The van der Waals surface area contributed by atoms with Crippen molar-refractivity contribution in [2.75, 3.05) is 13.1 Å². The molecule has 98 valence electrons. The van der Waals surface area contributed by atoms with Crippen LogP contribution in [0.25, 0.3) is 0 Å². The van der Waals surface area contributed by atoms with Gasteiger partial charge in [-0.2, -0.15) is 17.6 Å². The fourth-order valence-electron chi connectivity index (χ4n) is 1.60. The minimum atomic E-state index is -4.21. The molecule has 0 bridgehead atoms. The van der Waals surface area contributed by atoms with Crippen LogP contribution in [0, 0.1) is 0 Å². The van der Waals surface area contributed by atoms with Crippen LogP contribution < -0.4 is 0 Å². The van der Waals surface area contributed by atoms with Crippen LogP contribution in [0.4, 0.5) is 17.6 Å². The maximum absolute atomic E-state index is 12.9. The molecule has 8 heteroatoms. The van der Waals surface area contributed by atoms with Crippen molar-refractivity contribution >= 4 is 17.5 Å². The molecule has 2 heterocycles. The van der Waals surface area contributed by atoms with Crippen molar-refractivity contribution in [2.45, 2.75) is 11.8 Å². The SMILES string of the molecule is O=C(c1ccc(Cl)nc1)N1CC(F)(F)C(F)(F)C1. The monoisotopic (exact) mass is 282 g/mol. The van der Waals surface area contributed by atoms with Crippen molar-refractivity contribution < 1.29 is 22.4 Å². The van der Waals surface area contributed by atoms with Gasteiger partial charge in [0.25, 0.3) is 5.91 Å². The summed E-state index contributed by atoms with van der Waals surface area (Å²) < 4.78 is 51.7. The second-order valence-corrected chi connectivity index (χ2v) is 4.33. The number of halogens is 5. The summed E-state index contributed by atoms with van der Waals surface area (Å²) in [5, 5.41) is 0.114. The quantitative estimate of drug-likeness (QED) is 0.585. The van der Waals surface area contributed by atoms with E-state index in [2.05, 4.69) is 4.98 Å². The van der Waals surface area contributed by atoms with E-state index in [1.165, 1.54) is 12.1 Å². The van der Waals surface area contributed by atoms with E-state index in [0.29, 0.717) is 4.90 Å². The molecule has 3 nitrogen and oxygen atoms in total. The molecule has 1 aliphatic rings. The Balaban J connectivity index is 2.20. The van der Waals surface area contributed by atoms with E-state index in [4.69, 9.17) is 11.6 Å². The topological polar surface area (TPSA) is 33.2 Å². The second kappa shape index (κ2) is 4.08. The third-order valence-electron chi connectivity index (χ3n) is 2.58. The van der Waals surface area contributed by atoms with Crippen molar-refractivity contribution in [3.05, 3.63) is 29.0 Å². The number of carbonyl (C=O) groups is 1. The van der Waals surface area contributed by atoms with Crippen LogP contribution in [-0.2, 0) is 0 Å². The predicted molar refractivity (Wildman–Crippen MR) is 55.0 cm³/mol. The van der Waals surface area contributed by atoms with Gasteiger partial charge in [-0.25, -0.2) is 4.98 Å². The first kappa shape index (κ1) is 13.1. The first-order valence-electron chi connectivity index (χ1n) is 4.89. The standard InChI is InChI=1S/C10H7ClF4N2O/c11-7-2-1-6(3-16-7)8(18)17-4-9(12,13)10(14,15)5-17/h1-3H,4-5H2. The number of rotatable bonds is 1. The molecule has 1 aromatic rings. The number of amides is 1. The number of alkyl halides is 4. The molecule has 1 saturated heterocycles. The van der Waals surface area contributed by atoms with E-state index in [9.17, 15) is 22.4 Å². The Morgan fingerprint density at radius 2 is 1.78 bits per heavy atom. The number of hydrogen-bond donors (Lipinski definition) is 0. The van der Waals surface area contributed by atoms with Gasteiger partial charge < -0.3 is 4.90 Å². The summed E-state index contributed by atoms with van der Waals surface area (Å²) >= 11 is 5.49. The normalized spacial score (nSPS) is 21.1. The highest BCUT2D eigenvalue weighted by Crippen LogP contribution is 2.41. The van der Waals surface area contributed by atoms with Gasteiger partial charge in [-0.15, -0.1) is 0 Å². The number of hydrogen-bond acceptors (Lipinski definition) is 2. The van der Waals surface area contributed by atoms with Gasteiger partial charge in [0.1, 0.15) is 5.15 Å². The molecule has 1 fully saturated rings. The van der Waals surface area contributed by atoms with E-state index < -0.39 is 30.8 Å². The molecule has 0 radical (unpaired) electrons. The van der Waals surface area contributed by atoms with Gasteiger partial charge in [0.05, 0.1) is 18.7 Å². The van der Waals surface area contributed by atoms with Crippen molar-refractivity contribution in [1.29, 1.82) is 0 Å². The molecular formula is C10H7ClF4N2O. The average Bonchev–Trinajstić information content (AvgIpc) is 2.48. The summed E-state index contributed by atoms with van der Waals surface area (Å²) in [6, 6.07) is 2.52. The van der Waals surface area contributed by atoms with Gasteiger partial charge >= 0.3 is 11.8 Å². The van der Waals surface area contributed by atoms with Gasteiger partial charge in [-0.3, -0.25) is 4.79 Å². The van der Waals surface area contributed by atoms with E-state index in [1.807, 2.05) is 0 Å². The lowest BCUT2D eigenvalue weighted by Gasteiger charge is -2.14. The van der Waals surface area contributed by atoms with Crippen LogP contribution in [0.3, 0.4) is 0 Å². The minimum Gasteiger partial charge on any atom is -0.326 e. The van der Waals surface area contributed by atoms with Crippen LogP contribution in [-0.4, -0.2) is 40.7 Å². The molecule has 0 N–H and O–H groups in total. The van der Waals surface area contributed by atoms with Gasteiger partial charge in [0, 0.05) is 6.20 Å². The molecule has 0 aromatic carbocycles. The first-order valence-corrected chi connectivity index (χ1v) is 5.27. The Kier molecular flexibility index (Phi) is 2.96. The number of likely N-dealkylation sites (tertiary alicyclic amines) is 1. The highest BCUT2D eigenvalue weighted by Gasteiger charge is 2.63. The lowest BCUT2D eigenvalue weighted by Crippen LogP contribution is -2.38. The largest absolute Gasteiger partial charge is 0.329 e. The highest BCUT2D eigenvalue weighted by atomic mass is 35.5. The zero-order valence-corrected chi connectivity index (χ0v) is 9.59. The smallest absolute Gasteiger partial charge is 0.326 e. The molecule has 0 aliphatic carbocycles. The van der Waals surface area contributed by atoms with Gasteiger partial charge in [0.15, 0.2) is 0 Å². The molecule has 0 spiro atoms. The maximum atomic E-state index is 12.9. The molecule has 1 aliphatic heterocycles. The number of nitrogens with zero attached hydrogens (tertiary/aromatic N) is 2. The summed E-state index contributed by atoms with van der Waals surface area (Å²) in [6.45, 7) is -2.61. The molecule has 18 heavy (non-hydrogen) atoms. The summed E-state index contributed by atoms with van der Waals surface area (Å²) in [6.07, 6.45) is 1.05. The Labute approximate surface area is 104 Å². The molecular weight excluding hydrogens is 276 g/mol. The van der Waals surface area contributed by atoms with Gasteiger partial charge in [0.2, 0.25) is 0 Å². The molecule has 2 rings (SSSR count). The lowest BCUT2D eigenvalue weighted by atomic mass is 10.2. The Hall–Kier alpha value is -1.37. The summed E-state index contributed by atoms with van der Waals surface area (Å²) in [5.74, 6) is -9.33. The van der Waals surface area contributed by atoms with Crippen molar-refractivity contribution in [1.82, 2.24) is 9.88 Å². The Bertz CT molecular complexity index is 461. The summed E-state index contributed by atoms with van der Waals surface area (Å²) in [4.78, 5) is 15.7. The second-order valence-electron chi connectivity index (χ2n) is 3.94. The third kappa shape index (κ3) is 2.14.